The van der Waals surface area contributed by atoms with Crippen LogP contribution in [-0.4, -0.2) is 39.5 Å². The van der Waals surface area contributed by atoms with Gasteiger partial charge >= 0.3 is 0 Å². The number of sulfonamides is 1. The maximum Gasteiger partial charge on any atom is 0.293 e. The summed E-state index contributed by atoms with van der Waals surface area (Å²) in [6.07, 6.45) is 0. The molecular weight excluding hydrogens is 296 g/mol. The molecule has 1 aromatic carbocycles. The van der Waals surface area contributed by atoms with Crippen molar-refractivity contribution in [2.24, 2.45) is 11.7 Å². The molecule has 0 amide bonds. The van der Waals surface area contributed by atoms with E-state index in [1.165, 1.54) is 19.2 Å². The Balaban J connectivity index is 2.46. The van der Waals surface area contributed by atoms with Gasteiger partial charge in [0, 0.05) is 25.2 Å². The fraction of sp³-hybridized carbons (Fsp3) is 0.500. The zero-order valence-electron chi connectivity index (χ0n) is 11.8. The van der Waals surface area contributed by atoms with Crippen LogP contribution in [0.3, 0.4) is 0 Å². The molecule has 1 aromatic rings. The van der Waals surface area contributed by atoms with Crippen LogP contribution in [0.25, 0.3) is 0 Å². The van der Waals surface area contributed by atoms with Crippen LogP contribution in [0.15, 0.2) is 23.1 Å². The Kier molecular flexibility index (Phi) is 4.17. The van der Waals surface area contributed by atoms with Crippen LogP contribution >= 0.6 is 0 Å². The number of nitrogens with one attached hydrogen (secondary N) is 1. The lowest BCUT2D eigenvalue weighted by Crippen LogP contribution is -2.28. The monoisotopic (exact) mass is 314 g/mol. The molecule has 1 aliphatic heterocycles. The number of nitrogens with zero attached hydrogens (tertiary/aromatic N) is 2. The lowest BCUT2D eigenvalue weighted by Gasteiger charge is -2.18. The van der Waals surface area contributed by atoms with Gasteiger partial charge in [0.15, 0.2) is 0 Å². The first-order chi connectivity index (χ1) is 9.76. The van der Waals surface area contributed by atoms with Crippen LogP contribution in [-0.2, 0) is 10.0 Å². The summed E-state index contributed by atoms with van der Waals surface area (Å²) in [6.45, 7) is 3.11. The van der Waals surface area contributed by atoms with Gasteiger partial charge in [0.05, 0.1) is 9.82 Å². The van der Waals surface area contributed by atoms with Gasteiger partial charge in [0.2, 0.25) is 10.0 Å². The zero-order chi connectivity index (χ0) is 15.8. The number of nitro groups is 1. The van der Waals surface area contributed by atoms with Gasteiger partial charge in [-0.2, -0.15) is 0 Å². The van der Waals surface area contributed by atoms with Crippen LogP contribution in [0.2, 0.25) is 0 Å². The summed E-state index contributed by atoms with van der Waals surface area (Å²) < 4.78 is 25.6. The predicted octanol–water partition coefficient (Wildman–Crippen LogP) is 0.286. The zero-order valence-corrected chi connectivity index (χ0v) is 12.6. The van der Waals surface area contributed by atoms with E-state index < -0.39 is 14.9 Å². The fourth-order valence-corrected chi connectivity index (χ4v) is 3.14. The van der Waals surface area contributed by atoms with Crippen LogP contribution in [0.5, 0.6) is 0 Å². The molecule has 0 aliphatic carbocycles. The second-order valence-electron chi connectivity index (χ2n) is 5.16. The third-order valence-corrected chi connectivity index (χ3v) is 5.15. The summed E-state index contributed by atoms with van der Waals surface area (Å²) >= 11 is 0. The summed E-state index contributed by atoms with van der Waals surface area (Å²) in [4.78, 5) is 12.4. The summed E-state index contributed by atoms with van der Waals surface area (Å²) in [6, 6.07) is 3.86. The third-order valence-electron chi connectivity index (χ3n) is 3.73. The molecule has 1 aliphatic rings. The molecule has 0 saturated carbocycles. The summed E-state index contributed by atoms with van der Waals surface area (Å²) in [7, 11) is -2.45. The molecule has 0 bridgehead atoms. The molecule has 2 atom stereocenters. The van der Waals surface area contributed by atoms with Gasteiger partial charge in [0.1, 0.15) is 5.69 Å². The molecule has 1 saturated heterocycles. The fourth-order valence-electron chi connectivity index (χ4n) is 2.39. The molecule has 21 heavy (non-hydrogen) atoms. The normalized spacial score (nSPS) is 22.5. The number of hydrogen-bond acceptors (Lipinski definition) is 6. The molecule has 2 unspecified atom stereocenters. The van der Waals surface area contributed by atoms with Gasteiger partial charge in [-0.05, 0) is 25.1 Å². The molecule has 1 heterocycles. The van der Waals surface area contributed by atoms with Crippen molar-refractivity contribution < 1.29 is 13.3 Å². The minimum atomic E-state index is -3.71. The van der Waals surface area contributed by atoms with Crippen LogP contribution in [0.4, 0.5) is 11.4 Å². The van der Waals surface area contributed by atoms with E-state index in [1.807, 2.05) is 11.8 Å². The van der Waals surface area contributed by atoms with Gasteiger partial charge in [0.25, 0.3) is 5.69 Å². The minimum Gasteiger partial charge on any atom is -0.364 e. The van der Waals surface area contributed by atoms with E-state index in [2.05, 4.69) is 4.72 Å². The van der Waals surface area contributed by atoms with E-state index in [9.17, 15) is 18.5 Å². The molecule has 0 aromatic heterocycles. The predicted molar refractivity (Wildman–Crippen MR) is 78.7 cm³/mol. The highest BCUT2D eigenvalue weighted by atomic mass is 32.2. The van der Waals surface area contributed by atoms with Gasteiger partial charge in [-0.1, -0.05) is 6.92 Å². The van der Waals surface area contributed by atoms with E-state index in [-0.39, 0.29) is 22.5 Å². The highest BCUT2D eigenvalue weighted by Crippen LogP contribution is 2.33. The largest absolute Gasteiger partial charge is 0.364 e. The van der Waals surface area contributed by atoms with E-state index >= 15 is 0 Å². The topological polar surface area (TPSA) is 119 Å². The first-order valence-electron chi connectivity index (χ1n) is 6.48. The van der Waals surface area contributed by atoms with E-state index in [1.54, 1.807) is 0 Å². The summed E-state index contributed by atoms with van der Waals surface area (Å²) in [5, 5.41) is 11.2. The second-order valence-corrected chi connectivity index (χ2v) is 7.05. The molecule has 0 radical (unpaired) electrons. The number of anilines is 1. The lowest BCUT2D eigenvalue weighted by atomic mass is 10.1. The molecule has 3 N–H and O–H groups in total. The average molecular weight is 314 g/mol. The Labute approximate surface area is 123 Å². The Morgan fingerprint density at radius 1 is 1.43 bits per heavy atom. The van der Waals surface area contributed by atoms with Crippen molar-refractivity contribution in [3.05, 3.63) is 28.3 Å². The van der Waals surface area contributed by atoms with Gasteiger partial charge in [-0.15, -0.1) is 0 Å². The smallest absolute Gasteiger partial charge is 0.293 e. The van der Waals surface area contributed by atoms with Crippen molar-refractivity contribution in [3.8, 4) is 0 Å². The molecule has 9 heteroatoms. The van der Waals surface area contributed by atoms with Crippen molar-refractivity contribution in [3.63, 3.8) is 0 Å². The van der Waals surface area contributed by atoms with Crippen molar-refractivity contribution >= 4 is 21.4 Å². The van der Waals surface area contributed by atoms with Crippen LogP contribution < -0.4 is 15.4 Å². The van der Waals surface area contributed by atoms with Gasteiger partial charge in [-0.3, -0.25) is 10.1 Å². The number of rotatable bonds is 4. The SMILES string of the molecule is CNS(=O)(=O)c1ccc(N2CC(C)C(N)C2)c([N+](=O)[O-])c1. The Hall–Kier alpha value is -1.71. The Bertz CT molecular complexity index is 651. The lowest BCUT2D eigenvalue weighted by molar-refractivity contribution is -0.384. The van der Waals surface area contributed by atoms with Crippen LogP contribution in [0, 0.1) is 16.0 Å². The third kappa shape index (κ3) is 2.99. The highest BCUT2D eigenvalue weighted by Gasteiger charge is 2.31. The molecule has 2 rings (SSSR count). The second kappa shape index (κ2) is 5.58. The van der Waals surface area contributed by atoms with Crippen molar-refractivity contribution in [1.82, 2.24) is 4.72 Å². The highest BCUT2D eigenvalue weighted by molar-refractivity contribution is 7.89. The summed E-state index contributed by atoms with van der Waals surface area (Å²) in [5.74, 6) is 0.227. The Morgan fingerprint density at radius 2 is 2.10 bits per heavy atom. The first-order valence-corrected chi connectivity index (χ1v) is 7.97. The van der Waals surface area contributed by atoms with E-state index in [0.29, 0.717) is 18.8 Å². The van der Waals surface area contributed by atoms with Crippen LogP contribution in [0.1, 0.15) is 6.92 Å². The molecule has 0 spiro atoms. The van der Waals surface area contributed by atoms with Crippen molar-refractivity contribution in [2.75, 3.05) is 25.0 Å². The van der Waals surface area contributed by atoms with E-state index in [0.717, 1.165) is 6.07 Å². The molecule has 116 valence electrons. The summed E-state index contributed by atoms with van der Waals surface area (Å²) in [5.41, 5.74) is 6.10. The standard InChI is InChI=1S/C12H18N4O4S/c1-8-6-15(7-10(8)13)11-4-3-9(21(19,20)14-2)5-12(11)16(17)18/h3-5,8,10,14H,6-7,13H2,1-2H3. The number of benzene rings is 1. The Morgan fingerprint density at radius 3 is 2.57 bits per heavy atom. The number of nitrogens with two attached hydrogens (primary N) is 1. The van der Waals surface area contributed by atoms with E-state index in [4.69, 9.17) is 5.73 Å². The molecular formula is C12H18N4O4S. The maximum absolute atomic E-state index is 11.7. The average Bonchev–Trinajstić information content (AvgIpc) is 2.77. The number of hydrogen-bond donors (Lipinski definition) is 2. The van der Waals surface area contributed by atoms with Crippen molar-refractivity contribution in [2.45, 2.75) is 17.9 Å². The molecule has 8 nitrogen and oxygen atoms in total. The quantitative estimate of drug-likeness (QED) is 0.609. The van der Waals surface area contributed by atoms with Gasteiger partial charge < -0.3 is 10.6 Å². The number of nitro benzene ring substituents is 1. The first kappa shape index (κ1) is 15.7. The maximum atomic E-state index is 11.7. The van der Waals surface area contributed by atoms with Crippen molar-refractivity contribution in [1.29, 1.82) is 0 Å². The van der Waals surface area contributed by atoms with Gasteiger partial charge in [-0.25, -0.2) is 13.1 Å². The molecule has 1 fully saturated rings. The minimum absolute atomic E-state index is 0.0506.